The first-order chi connectivity index (χ1) is 10.2. The van der Waals surface area contributed by atoms with Crippen molar-refractivity contribution in [3.63, 3.8) is 0 Å². The van der Waals surface area contributed by atoms with E-state index in [2.05, 4.69) is 32.6 Å². The Morgan fingerprint density at radius 1 is 1.29 bits per heavy atom. The van der Waals surface area contributed by atoms with Gasteiger partial charge in [0.15, 0.2) is 0 Å². The Kier molecular flexibility index (Phi) is 3.90. The van der Waals surface area contributed by atoms with E-state index in [0.717, 1.165) is 36.7 Å². The van der Waals surface area contributed by atoms with Gasteiger partial charge in [0.25, 0.3) is 0 Å². The second-order valence-electron chi connectivity index (χ2n) is 5.77. The lowest BCUT2D eigenvalue weighted by molar-refractivity contribution is 0.394. The molecular formula is C16H23N5. The van der Waals surface area contributed by atoms with Crippen molar-refractivity contribution in [1.82, 2.24) is 19.5 Å². The number of aryl methyl sites for hydroxylation is 3. The smallest absolute Gasteiger partial charge is 0.150 e. The van der Waals surface area contributed by atoms with E-state index in [1.54, 1.807) is 0 Å². The first-order valence-electron chi connectivity index (χ1n) is 7.76. The van der Waals surface area contributed by atoms with Crippen LogP contribution in [-0.4, -0.2) is 32.6 Å². The van der Waals surface area contributed by atoms with Crippen LogP contribution in [0, 0.1) is 13.8 Å². The fourth-order valence-electron chi connectivity index (χ4n) is 3.15. The molecule has 1 atom stereocenters. The number of anilines is 1. The fourth-order valence-corrected chi connectivity index (χ4v) is 3.15. The highest BCUT2D eigenvalue weighted by atomic mass is 15.2. The minimum atomic E-state index is 0.484. The SMILES string of the molecule is CCc1nccn1C1CCCN(c2nc(C)cnc2C)C1. The lowest BCUT2D eigenvalue weighted by Crippen LogP contribution is -2.38. The normalized spacial score (nSPS) is 19.0. The maximum Gasteiger partial charge on any atom is 0.150 e. The highest BCUT2D eigenvalue weighted by molar-refractivity contribution is 5.43. The van der Waals surface area contributed by atoms with E-state index in [1.165, 1.54) is 18.7 Å². The average Bonchev–Trinajstić information content (AvgIpc) is 2.98. The number of hydrogen-bond donors (Lipinski definition) is 0. The van der Waals surface area contributed by atoms with Gasteiger partial charge in [0, 0.05) is 38.1 Å². The summed E-state index contributed by atoms with van der Waals surface area (Å²) in [5.74, 6) is 2.21. The van der Waals surface area contributed by atoms with Crippen LogP contribution in [0.2, 0.25) is 0 Å². The van der Waals surface area contributed by atoms with Gasteiger partial charge >= 0.3 is 0 Å². The van der Waals surface area contributed by atoms with Gasteiger partial charge in [0.1, 0.15) is 11.6 Å². The molecule has 0 bridgehead atoms. The molecule has 1 fully saturated rings. The second kappa shape index (κ2) is 5.84. The summed E-state index contributed by atoms with van der Waals surface area (Å²) < 4.78 is 2.34. The summed E-state index contributed by atoms with van der Waals surface area (Å²) in [6.07, 6.45) is 9.23. The van der Waals surface area contributed by atoms with E-state index in [9.17, 15) is 0 Å². The molecule has 2 aromatic heterocycles. The quantitative estimate of drug-likeness (QED) is 0.870. The van der Waals surface area contributed by atoms with Crippen molar-refractivity contribution in [3.8, 4) is 0 Å². The zero-order chi connectivity index (χ0) is 14.8. The van der Waals surface area contributed by atoms with Gasteiger partial charge in [-0.25, -0.2) is 9.97 Å². The molecule has 5 nitrogen and oxygen atoms in total. The third kappa shape index (κ3) is 2.77. The average molecular weight is 285 g/mol. The zero-order valence-electron chi connectivity index (χ0n) is 13.1. The Morgan fingerprint density at radius 3 is 2.95 bits per heavy atom. The summed E-state index contributed by atoms with van der Waals surface area (Å²) >= 11 is 0. The maximum absolute atomic E-state index is 4.69. The van der Waals surface area contributed by atoms with E-state index >= 15 is 0 Å². The van der Waals surface area contributed by atoms with Crippen molar-refractivity contribution in [2.24, 2.45) is 0 Å². The fraction of sp³-hybridized carbons (Fsp3) is 0.562. The molecule has 3 heterocycles. The second-order valence-corrected chi connectivity index (χ2v) is 5.77. The van der Waals surface area contributed by atoms with Crippen molar-refractivity contribution in [3.05, 3.63) is 35.8 Å². The molecule has 1 aliphatic rings. The Labute approximate surface area is 126 Å². The van der Waals surface area contributed by atoms with Crippen LogP contribution in [0.15, 0.2) is 18.6 Å². The van der Waals surface area contributed by atoms with Crippen LogP contribution in [0.25, 0.3) is 0 Å². The lowest BCUT2D eigenvalue weighted by atomic mass is 10.0. The van der Waals surface area contributed by atoms with Crippen molar-refractivity contribution in [1.29, 1.82) is 0 Å². The molecule has 1 unspecified atom stereocenters. The number of rotatable bonds is 3. The van der Waals surface area contributed by atoms with Gasteiger partial charge < -0.3 is 9.47 Å². The monoisotopic (exact) mass is 285 g/mol. The van der Waals surface area contributed by atoms with E-state index in [-0.39, 0.29) is 0 Å². The molecule has 0 N–H and O–H groups in total. The summed E-state index contributed by atoms with van der Waals surface area (Å²) in [7, 11) is 0. The van der Waals surface area contributed by atoms with Gasteiger partial charge in [0.05, 0.1) is 17.4 Å². The van der Waals surface area contributed by atoms with Crippen molar-refractivity contribution in [2.45, 2.75) is 46.1 Å². The molecule has 1 aliphatic heterocycles. The Hall–Kier alpha value is -1.91. The van der Waals surface area contributed by atoms with E-state index < -0.39 is 0 Å². The van der Waals surface area contributed by atoms with Gasteiger partial charge in [0.2, 0.25) is 0 Å². The molecule has 0 spiro atoms. The van der Waals surface area contributed by atoms with Gasteiger partial charge in [-0.2, -0.15) is 0 Å². The number of piperidine rings is 1. The minimum absolute atomic E-state index is 0.484. The first-order valence-corrected chi connectivity index (χ1v) is 7.76. The third-order valence-corrected chi connectivity index (χ3v) is 4.21. The van der Waals surface area contributed by atoms with Crippen LogP contribution in [-0.2, 0) is 6.42 Å². The van der Waals surface area contributed by atoms with Crippen LogP contribution in [0.1, 0.15) is 43.0 Å². The van der Waals surface area contributed by atoms with E-state index in [4.69, 9.17) is 4.98 Å². The summed E-state index contributed by atoms with van der Waals surface area (Å²) in [5.41, 5.74) is 2.00. The number of aromatic nitrogens is 4. The molecule has 1 saturated heterocycles. The van der Waals surface area contributed by atoms with E-state index in [1.807, 2.05) is 26.2 Å². The largest absolute Gasteiger partial charge is 0.353 e. The van der Waals surface area contributed by atoms with Crippen LogP contribution in [0.3, 0.4) is 0 Å². The molecule has 3 rings (SSSR count). The molecule has 2 aromatic rings. The Bertz CT molecular complexity index is 619. The molecule has 21 heavy (non-hydrogen) atoms. The van der Waals surface area contributed by atoms with Crippen molar-refractivity contribution < 1.29 is 0 Å². The van der Waals surface area contributed by atoms with Gasteiger partial charge in [-0.15, -0.1) is 0 Å². The summed E-state index contributed by atoms with van der Waals surface area (Å²) in [6, 6.07) is 0.484. The number of imidazole rings is 1. The molecule has 112 valence electrons. The molecule has 0 aliphatic carbocycles. The molecule has 0 radical (unpaired) electrons. The Morgan fingerprint density at radius 2 is 2.14 bits per heavy atom. The van der Waals surface area contributed by atoms with Gasteiger partial charge in [-0.05, 0) is 26.7 Å². The number of hydrogen-bond acceptors (Lipinski definition) is 4. The van der Waals surface area contributed by atoms with Crippen LogP contribution < -0.4 is 4.90 Å². The summed E-state index contributed by atoms with van der Waals surface area (Å²) in [5, 5.41) is 0. The summed E-state index contributed by atoms with van der Waals surface area (Å²) in [6.45, 7) is 8.26. The minimum Gasteiger partial charge on any atom is -0.353 e. The third-order valence-electron chi connectivity index (χ3n) is 4.21. The van der Waals surface area contributed by atoms with Crippen LogP contribution >= 0.6 is 0 Å². The van der Waals surface area contributed by atoms with Crippen molar-refractivity contribution in [2.75, 3.05) is 18.0 Å². The number of nitrogens with zero attached hydrogens (tertiary/aromatic N) is 5. The van der Waals surface area contributed by atoms with Gasteiger partial charge in [-0.1, -0.05) is 6.92 Å². The highest BCUT2D eigenvalue weighted by Crippen LogP contribution is 2.27. The van der Waals surface area contributed by atoms with Crippen molar-refractivity contribution >= 4 is 5.82 Å². The van der Waals surface area contributed by atoms with Crippen LogP contribution in [0.4, 0.5) is 5.82 Å². The zero-order valence-corrected chi connectivity index (χ0v) is 13.1. The predicted octanol–water partition coefficient (Wildman–Crippen LogP) is 2.69. The summed E-state index contributed by atoms with van der Waals surface area (Å²) in [4.78, 5) is 16.0. The molecular weight excluding hydrogens is 262 g/mol. The molecule has 5 heteroatoms. The molecule has 0 aromatic carbocycles. The van der Waals surface area contributed by atoms with E-state index in [0.29, 0.717) is 6.04 Å². The Balaban J connectivity index is 1.84. The molecule has 0 saturated carbocycles. The topological polar surface area (TPSA) is 46.8 Å². The predicted molar refractivity (Wildman–Crippen MR) is 83.6 cm³/mol. The highest BCUT2D eigenvalue weighted by Gasteiger charge is 2.24. The lowest BCUT2D eigenvalue weighted by Gasteiger charge is -2.35. The van der Waals surface area contributed by atoms with Gasteiger partial charge in [-0.3, -0.25) is 4.98 Å². The molecule has 0 amide bonds. The standard InChI is InChI=1S/C16H23N5/c1-4-15-17-7-9-21(15)14-6-5-8-20(11-14)16-13(3)18-10-12(2)19-16/h7,9-10,14H,4-6,8,11H2,1-3H3. The van der Waals surface area contributed by atoms with Crippen LogP contribution in [0.5, 0.6) is 0 Å². The maximum atomic E-state index is 4.69. The first kappa shape index (κ1) is 14.0.